The molecule has 0 radical (unpaired) electrons. The van der Waals surface area contributed by atoms with Crippen molar-refractivity contribution in [3.05, 3.63) is 29.8 Å². The molecule has 1 atom stereocenters. The number of carbonyl (C=O) groups excluding carboxylic acids is 1. The summed E-state index contributed by atoms with van der Waals surface area (Å²) in [6, 6.07) is 7.59. The van der Waals surface area contributed by atoms with Crippen molar-refractivity contribution in [3.63, 3.8) is 0 Å². The van der Waals surface area contributed by atoms with Crippen LogP contribution in [-0.4, -0.2) is 41.6 Å². The van der Waals surface area contributed by atoms with Gasteiger partial charge in [0.1, 0.15) is 5.75 Å². The number of hydrogen-bond acceptors (Lipinski definition) is 3. The summed E-state index contributed by atoms with van der Waals surface area (Å²) in [5.74, 6) is -0.649. The van der Waals surface area contributed by atoms with Crippen LogP contribution >= 0.6 is 0 Å². The molecule has 1 aromatic carbocycles. The topological polar surface area (TPSA) is 66.8 Å². The van der Waals surface area contributed by atoms with Gasteiger partial charge in [-0.1, -0.05) is 19.1 Å². The van der Waals surface area contributed by atoms with Crippen LogP contribution in [0.3, 0.4) is 0 Å². The number of amides is 1. The van der Waals surface area contributed by atoms with Crippen molar-refractivity contribution < 1.29 is 19.4 Å². The molecule has 1 unspecified atom stereocenters. The number of carboxylic acids is 1. The summed E-state index contributed by atoms with van der Waals surface area (Å²) in [6.07, 6.45) is 2.24. The van der Waals surface area contributed by atoms with Crippen LogP contribution in [0.5, 0.6) is 5.75 Å². The van der Waals surface area contributed by atoms with E-state index in [0.29, 0.717) is 6.42 Å². The van der Waals surface area contributed by atoms with Gasteiger partial charge in [-0.3, -0.25) is 9.59 Å². The molecular weight excluding hydrogens is 270 g/mol. The Balaban J connectivity index is 1.99. The lowest BCUT2D eigenvalue weighted by atomic mass is 10.1. The summed E-state index contributed by atoms with van der Waals surface area (Å²) in [5.41, 5.74) is 0.912. The first kappa shape index (κ1) is 15.4. The fraction of sp³-hybridized carbons (Fsp3) is 0.500. The maximum atomic E-state index is 12.4. The predicted octanol–water partition coefficient (Wildman–Crippen LogP) is 1.95. The maximum absolute atomic E-state index is 12.4. The van der Waals surface area contributed by atoms with Crippen LogP contribution in [0, 0.1) is 5.92 Å². The van der Waals surface area contributed by atoms with Crippen molar-refractivity contribution in [2.75, 3.05) is 13.7 Å². The van der Waals surface area contributed by atoms with Crippen LogP contribution < -0.4 is 4.74 Å². The molecule has 1 fully saturated rings. The van der Waals surface area contributed by atoms with Crippen LogP contribution in [0.25, 0.3) is 0 Å². The van der Waals surface area contributed by atoms with Crippen LogP contribution in [0.15, 0.2) is 24.3 Å². The van der Waals surface area contributed by atoms with Gasteiger partial charge in [-0.05, 0) is 30.5 Å². The van der Waals surface area contributed by atoms with E-state index < -0.39 is 11.9 Å². The zero-order valence-corrected chi connectivity index (χ0v) is 12.4. The van der Waals surface area contributed by atoms with E-state index in [2.05, 4.69) is 0 Å². The number of benzene rings is 1. The van der Waals surface area contributed by atoms with E-state index in [1.165, 1.54) is 0 Å². The molecule has 5 heteroatoms. The van der Waals surface area contributed by atoms with Crippen LogP contribution in [-0.2, 0) is 16.0 Å². The second-order valence-electron chi connectivity index (χ2n) is 5.54. The third kappa shape index (κ3) is 4.21. The monoisotopic (exact) mass is 291 g/mol. The van der Waals surface area contributed by atoms with E-state index in [0.717, 1.165) is 24.2 Å². The van der Waals surface area contributed by atoms with E-state index >= 15 is 0 Å². The summed E-state index contributed by atoms with van der Waals surface area (Å²) >= 11 is 0. The van der Waals surface area contributed by atoms with Gasteiger partial charge in [0.25, 0.3) is 0 Å². The largest absolute Gasteiger partial charge is 0.497 e. The molecule has 0 aromatic heterocycles. The normalized spacial score (nSPS) is 15.3. The number of carbonyl (C=O) groups is 2. The van der Waals surface area contributed by atoms with E-state index in [1.54, 1.807) is 18.9 Å². The van der Waals surface area contributed by atoms with E-state index in [1.807, 2.05) is 24.3 Å². The summed E-state index contributed by atoms with van der Waals surface area (Å²) in [7, 11) is 1.60. The number of nitrogens with zero attached hydrogens (tertiary/aromatic N) is 1. The van der Waals surface area contributed by atoms with Gasteiger partial charge in [0.05, 0.1) is 19.4 Å². The fourth-order valence-electron chi connectivity index (χ4n) is 2.23. The average molecular weight is 291 g/mol. The van der Waals surface area contributed by atoms with Crippen LogP contribution in [0.1, 0.15) is 25.3 Å². The quantitative estimate of drug-likeness (QED) is 0.834. The van der Waals surface area contributed by atoms with Crippen molar-refractivity contribution in [2.45, 2.75) is 32.2 Å². The molecule has 0 heterocycles. The first-order valence-corrected chi connectivity index (χ1v) is 7.16. The first-order chi connectivity index (χ1) is 10.0. The Morgan fingerprint density at radius 1 is 1.33 bits per heavy atom. The molecule has 0 saturated heterocycles. The van der Waals surface area contributed by atoms with Crippen molar-refractivity contribution in [2.24, 2.45) is 5.92 Å². The minimum atomic E-state index is -0.863. The summed E-state index contributed by atoms with van der Waals surface area (Å²) in [5, 5.41) is 9.01. The predicted molar refractivity (Wildman–Crippen MR) is 78.2 cm³/mol. The Morgan fingerprint density at radius 3 is 2.43 bits per heavy atom. The van der Waals surface area contributed by atoms with Crippen LogP contribution in [0.4, 0.5) is 0 Å². The molecule has 0 bridgehead atoms. The van der Waals surface area contributed by atoms with E-state index in [9.17, 15) is 9.59 Å². The second kappa shape index (κ2) is 6.61. The lowest BCUT2D eigenvalue weighted by Crippen LogP contribution is -2.39. The van der Waals surface area contributed by atoms with Crippen molar-refractivity contribution in [1.29, 1.82) is 0 Å². The smallest absolute Gasteiger partial charge is 0.308 e. The SMILES string of the molecule is COc1ccc(CC(=O)N(CC(C)C(=O)O)C2CC2)cc1. The Kier molecular flexibility index (Phi) is 4.83. The van der Waals surface area contributed by atoms with Crippen molar-refractivity contribution in [3.8, 4) is 5.75 Å². The van der Waals surface area contributed by atoms with Gasteiger partial charge in [-0.2, -0.15) is 0 Å². The van der Waals surface area contributed by atoms with Gasteiger partial charge in [0, 0.05) is 12.6 Å². The van der Waals surface area contributed by atoms with Gasteiger partial charge < -0.3 is 14.7 Å². The summed E-state index contributed by atoms with van der Waals surface area (Å²) < 4.78 is 5.09. The molecule has 1 aliphatic rings. The van der Waals surface area contributed by atoms with Gasteiger partial charge in [-0.15, -0.1) is 0 Å². The molecule has 1 amide bonds. The van der Waals surface area contributed by atoms with Crippen molar-refractivity contribution in [1.82, 2.24) is 4.90 Å². The minimum Gasteiger partial charge on any atom is -0.497 e. The van der Waals surface area contributed by atoms with Gasteiger partial charge in [0.15, 0.2) is 0 Å². The molecule has 5 nitrogen and oxygen atoms in total. The first-order valence-electron chi connectivity index (χ1n) is 7.16. The zero-order chi connectivity index (χ0) is 15.4. The highest BCUT2D eigenvalue weighted by Crippen LogP contribution is 2.28. The standard InChI is InChI=1S/C16H21NO4/c1-11(16(19)20)10-17(13-5-6-13)15(18)9-12-3-7-14(21-2)8-4-12/h3-4,7-8,11,13H,5-6,9-10H2,1-2H3,(H,19,20). The molecule has 114 valence electrons. The number of ether oxygens (including phenoxy) is 1. The number of methoxy groups -OCH3 is 1. The number of carboxylic acid groups (broad SMARTS) is 1. The van der Waals surface area contributed by atoms with Crippen molar-refractivity contribution >= 4 is 11.9 Å². The third-order valence-corrected chi connectivity index (χ3v) is 3.71. The van der Waals surface area contributed by atoms with Crippen LogP contribution in [0.2, 0.25) is 0 Å². The summed E-state index contributed by atoms with van der Waals surface area (Å²) in [6.45, 7) is 1.92. The van der Waals surface area contributed by atoms with Gasteiger partial charge in [0.2, 0.25) is 5.91 Å². The fourth-order valence-corrected chi connectivity index (χ4v) is 2.23. The maximum Gasteiger partial charge on any atom is 0.308 e. The molecule has 0 spiro atoms. The van der Waals surface area contributed by atoms with E-state index in [-0.39, 0.29) is 18.5 Å². The van der Waals surface area contributed by atoms with Gasteiger partial charge >= 0.3 is 5.97 Å². The molecule has 0 aliphatic heterocycles. The highest BCUT2D eigenvalue weighted by molar-refractivity contribution is 5.80. The van der Waals surface area contributed by atoms with Gasteiger partial charge in [-0.25, -0.2) is 0 Å². The minimum absolute atomic E-state index is 0.00392. The lowest BCUT2D eigenvalue weighted by molar-refractivity contribution is -0.143. The Labute approximate surface area is 124 Å². The van der Waals surface area contributed by atoms with E-state index in [4.69, 9.17) is 9.84 Å². The Hall–Kier alpha value is -2.04. The lowest BCUT2D eigenvalue weighted by Gasteiger charge is -2.24. The third-order valence-electron chi connectivity index (χ3n) is 3.71. The number of hydrogen-bond donors (Lipinski definition) is 1. The molecule has 21 heavy (non-hydrogen) atoms. The summed E-state index contributed by atoms with van der Waals surface area (Å²) in [4.78, 5) is 25.1. The molecule has 2 rings (SSSR count). The Bertz CT molecular complexity index is 508. The average Bonchev–Trinajstić information content (AvgIpc) is 3.29. The zero-order valence-electron chi connectivity index (χ0n) is 12.4. The highest BCUT2D eigenvalue weighted by atomic mass is 16.5. The molecule has 1 saturated carbocycles. The molecule has 1 aliphatic carbocycles. The Morgan fingerprint density at radius 2 is 1.95 bits per heavy atom. The highest BCUT2D eigenvalue weighted by Gasteiger charge is 2.34. The molecule has 1 aromatic rings. The number of rotatable bonds is 7. The molecule has 1 N–H and O–H groups in total. The second-order valence-corrected chi connectivity index (χ2v) is 5.54. The molecular formula is C16H21NO4. The number of aliphatic carboxylic acids is 1.